The smallest absolute Gasteiger partial charge is 0.157 e. The van der Waals surface area contributed by atoms with Gasteiger partial charge in [-0.25, -0.2) is 0 Å². The molecule has 0 aromatic heterocycles. The summed E-state index contributed by atoms with van der Waals surface area (Å²) in [7, 11) is 0. The molecule has 25 heavy (non-hydrogen) atoms. The quantitative estimate of drug-likeness (QED) is 0.429. The Morgan fingerprint density at radius 1 is 1.12 bits per heavy atom. The van der Waals surface area contributed by atoms with Crippen LogP contribution in [0.25, 0.3) is 0 Å². The molecule has 1 aliphatic heterocycles. The minimum Gasteiger partial charge on any atom is -0.350 e. The van der Waals surface area contributed by atoms with E-state index >= 15 is 0 Å². The monoisotopic (exact) mass is 462 g/mol. The molecule has 2 aliphatic carbocycles. The first-order valence-electron chi connectivity index (χ1n) is 9.37. The van der Waals surface area contributed by atoms with Crippen molar-refractivity contribution in [2.45, 2.75) is 74.4 Å². The fourth-order valence-corrected chi connectivity index (χ4v) is 6.15. The Kier molecular flexibility index (Phi) is 6.00. The summed E-state index contributed by atoms with van der Waals surface area (Å²) in [5, 5.41) is 0. The first-order valence-corrected chi connectivity index (χ1v) is 10.4. The third-order valence-electron chi connectivity index (χ3n) is 6.36. The second-order valence-corrected chi connectivity index (χ2v) is 9.70. The molecule has 140 valence electrons. The van der Waals surface area contributed by atoms with Gasteiger partial charge in [-0.3, -0.25) is 14.4 Å². The fraction of sp³-hybridized carbons (Fsp3) is 0.842. The molecule has 3 atom stereocenters. The predicted octanol–water partition coefficient (Wildman–Crippen LogP) is 3.40. The van der Waals surface area contributed by atoms with E-state index < -0.39 is 5.41 Å². The molecule has 0 bridgehead atoms. The number of carbonyl (C=O) groups is 3. The maximum atomic E-state index is 12.5. The lowest BCUT2D eigenvalue weighted by Gasteiger charge is -2.47. The third kappa shape index (κ3) is 3.72. The van der Waals surface area contributed by atoms with Gasteiger partial charge in [0.25, 0.3) is 0 Å². The van der Waals surface area contributed by atoms with Crippen LogP contribution in [0.5, 0.6) is 0 Å². The van der Waals surface area contributed by atoms with Gasteiger partial charge in [0.05, 0.1) is 13.2 Å². The fourth-order valence-electron chi connectivity index (χ4n) is 4.65. The van der Waals surface area contributed by atoms with E-state index in [4.69, 9.17) is 9.47 Å². The van der Waals surface area contributed by atoms with Crippen molar-refractivity contribution in [3.8, 4) is 0 Å². The van der Waals surface area contributed by atoms with Gasteiger partial charge in [0, 0.05) is 40.4 Å². The largest absolute Gasteiger partial charge is 0.350 e. The molecule has 3 rings (SSSR count). The van der Waals surface area contributed by atoms with Crippen LogP contribution in [0.4, 0.5) is 0 Å². The van der Waals surface area contributed by atoms with Crippen LogP contribution in [0.1, 0.15) is 64.7 Å². The topological polar surface area (TPSA) is 69.7 Å². The highest BCUT2D eigenvalue weighted by atomic mass is 127. The average molecular weight is 462 g/mol. The molecule has 1 heterocycles. The molecule has 1 saturated heterocycles. The van der Waals surface area contributed by atoms with Gasteiger partial charge in [-0.1, -0.05) is 29.5 Å². The van der Waals surface area contributed by atoms with Crippen LogP contribution >= 0.6 is 22.6 Å². The maximum absolute atomic E-state index is 12.5. The zero-order valence-electron chi connectivity index (χ0n) is 14.9. The molecule has 0 aromatic rings. The lowest BCUT2D eigenvalue weighted by atomic mass is 9.62. The number of carbonyl (C=O) groups excluding carboxylic acids is 3. The van der Waals surface area contributed by atoms with Crippen molar-refractivity contribution in [1.29, 1.82) is 0 Å². The van der Waals surface area contributed by atoms with Crippen molar-refractivity contribution >= 4 is 39.9 Å². The Balaban J connectivity index is 1.51. The molecule has 3 aliphatic rings. The van der Waals surface area contributed by atoms with Crippen LogP contribution in [-0.2, 0) is 23.9 Å². The van der Waals surface area contributed by atoms with Gasteiger partial charge < -0.3 is 9.47 Å². The summed E-state index contributed by atoms with van der Waals surface area (Å²) in [4.78, 5) is 37.2. The summed E-state index contributed by atoms with van der Waals surface area (Å²) < 4.78 is 10.4. The van der Waals surface area contributed by atoms with Gasteiger partial charge in [-0.2, -0.15) is 0 Å². The zero-order valence-corrected chi connectivity index (χ0v) is 17.0. The number of fused-ring (bicyclic) bond motifs is 1. The van der Waals surface area contributed by atoms with Crippen molar-refractivity contribution in [2.24, 2.45) is 11.3 Å². The summed E-state index contributed by atoms with van der Waals surface area (Å²) in [6.07, 6.45) is 5.34. The van der Waals surface area contributed by atoms with E-state index in [0.29, 0.717) is 57.5 Å². The van der Waals surface area contributed by atoms with Gasteiger partial charge >= 0.3 is 0 Å². The van der Waals surface area contributed by atoms with Crippen LogP contribution in [-0.4, -0.2) is 40.3 Å². The van der Waals surface area contributed by atoms with E-state index in [1.807, 2.05) is 6.92 Å². The van der Waals surface area contributed by atoms with Crippen molar-refractivity contribution in [3.63, 3.8) is 0 Å². The van der Waals surface area contributed by atoms with E-state index in [-0.39, 0.29) is 27.2 Å². The predicted molar refractivity (Wildman–Crippen MR) is 101 cm³/mol. The summed E-state index contributed by atoms with van der Waals surface area (Å²) in [5.41, 5.74) is -0.396. The van der Waals surface area contributed by atoms with Crippen LogP contribution < -0.4 is 0 Å². The molecule has 6 heteroatoms. The summed E-state index contributed by atoms with van der Waals surface area (Å²) in [6, 6.07) is 0. The molecule has 0 aromatic carbocycles. The lowest BCUT2D eigenvalue weighted by Crippen LogP contribution is -2.52. The van der Waals surface area contributed by atoms with E-state index in [9.17, 15) is 14.4 Å². The zero-order chi connectivity index (χ0) is 18.1. The highest BCUT2D eigenvalue weighted by Crippen LogP contribution is 2.60. The van der Waals surface area contributed by atoms with E-state index in [0.717, 1.165) is 19.3 Å². The number of halogens is 1. The summed E-state index contributed by atoms with van der Waals surface area (Å²) in [6.45, 7) is 3.30. The van der Waals surface area contributed by atoms with E-state index in [2.05, 4.69) is 22.6 Å². The van der Waals surface area contributed by atoms with Gasteiger partial charge in [0.2, 0.25) is 0 Å². The number of ketones is 3. The minimum absolute atomic E-state index is 0.157. The Morgan fingerprint density at radius 2 is 1.84 bits per heavy atom. The normalized spacial score (nSPS) is 36.0. The Bertz CT molecular complexity index is 556. The standard InChI is InChI=1S/C19H27IO5/c1-18-9-7-15(22)14(19(18,20)10-8-16(18)23)6-5-13(21)3-2-4-17-24-11-12-25-17/h14,17H,2-12H2,1H3/t14?,18?,19-/m1/s1. The van der Waals surface area contributed by atoms with E-state index in [1.165, 1.54) is 0 Å². The molecular formula is C19H27IO5. The van der Waals surface area contributed by atoms with Crippen LogP contribution in [0.15, 0.2) is 0 Å². The first-order chi connectivity index (χ1) is 11.9. The summed E-state index contributed by atoms with van der Waals surface area (Å²) in [5.74, 6) is 0.565. The average Bonchev–Trinajstić information content (AvgIpc) is 3.17. The van der Waals surface area contributed by atoms with Crippen molar-refractivity contribution < 1.29 is 23.9 Å². The number of alkyl halides is 1. The first kappa shape index (κ1) is 19.4. The number of hydrogen-bond donors (Lipinski definition) is 0. The molecule has 0 radical (unpaired) electrons. The van der Waals surface area contributed by atoms with Crippen LogP contribution in [0.2, 0.25) is 0 Å². The molecule has 0 amide bonds. The molecular weight excluding hydrogens is 435 g/mol. The van der Waals surface area contributed by atoms with Crippen LogP contribution in [0, 0.1) is 11.3 Å². The van der Waals surface area contributed by atoms with Crippen molar-refractivity contribution in [3.05, 3.63) is 0 Å². The van der Waals surface area contributed by atoms with Gasteiger partial charge in [0.1, 0.15) is 17.3 Å². The van der Waals surface area contributed by atoms with Gasteiger partial charge in [-0.15, -0.1) is 0 Å². The Morgan fingerprint density at radius 3 is 2.56 bits per heavy atom. The van der Waals surface area contributed by atoms with Gasteiger partial charge in [0.15, 0.2) is 6.29 Å². The van der Waals surface area contributed by atoms with E-state index in [1.54, 1.807) is 0 Å². The highest BCUT2D eigenvalue weighted by molar-refractivity contribution is 14.1. The molecule has 2 unspecified atom stereocenters. The summed E-state index contributed by atoms with van der Waals surface area (Å²) >= 11 is 2.37. The lowest BCUT2D eigenvalue weighted by molar-refractivity contribution is -0.134. The Hall–Kier alpha value is -0.340. The number of rotatable bonds is 7. The van der Waals surface area contributed by atoms with Crippen molar-refractivity contribution in [1.82, 2.24) is 0 Å². The molecule has 2 saturated carbocycles. The molecule has 5 nitrogen and oxygen atoms in total. The second kappa shape index (κ2) is 7.72. The van der Waals surface area contributed by atoms with Crippen molar-refractivity contribution in [2.75, 3.05) is 13.2 Å². The SMILES string of the molecule is CC12CCC(=O)C(CCC(=O)CCCC3OCCO3)[C@]1(I)CCC2=O. The molecule has 3 fully saturated rings. The van der Waals surface area contributed by atoms with Gasteiger partial charge in [-0.05, 0) is 32.1 Å². The van der Waals surface area contributed by atoms with Crippen LogP contribution in [0.3, 0.4) is 0 Å². The second-order valence-electron chi connectivity index (χ2n) is 7.78. The third-order valence-corrected chi connectivity index (χ3v) is 8.84. The number of Topliss-reactive ketones (excluding diaryl/α,β-unsaturated/α-hetero) is 3. The molecule has 0 spiro atoms. The molecule has 0 N–H and O–H groups in total. The number of ether oxygens (including phenoxy) is 2. The Labute approximate surface area is 162 Å². The minimum atomic E-state index is -0.396. The maximum Gasteiger partial charge on any atom is 0.157 e. The highest BCUT2D eigenvalue weighted by Gasteiger charge is 2.62. The number of hydrogen-bond acceptors (Lipinski definition) is 5.